The van der Waals surface area contributed by atoms with E-state index in [1.54, 1.807) is 32.4 Å². The molecule has 4 bridgehead atoms. The number of para-hydroxylation sites is 1. The van der Waals surface area contributed by atoms with Gasteiger partial charge in [0.05, 0.1) is 41.0 Å². The van der Waals surface area contributed by atoms with Crippen LogP contribution in [0.2, 0.25) is 0 Å². The maximum atomic E-state index is 15.1. The molecule has 6 aromatic rings. The number of carbonyl (C=O) groups excluding carboxylic acids is 1. The van der Waals surface area contributed by atoms with Gasteiger partial charge in [0.15, 0.2) is 17.0 Å². The largest absolute Gasteiger partial charge is 0.378 e. The van der Waals surface area contributed by atoms with Crippen molar-refractivity contribution in [2.45, 2.75) is 38.1 Å². The van der Waals surface area contributed by atoms with Crippen molar-refractivity contribution in [2.75, 3.05) is 50.8 Å². The van der Waals surface area contributed by atoms with Crippen LogP contribution < -0.4 is 15.8 Å². The molecule has 2 aliphatic rings. The summed E-state index contributed by atoms with van der Waals surface area (Å²) in [4.78, 5) is 37.3. The molecule has 52 heavy (non-hydrogen) atoms. The fourth-order valence-electron chi connectivity index (χ4n) is 7.25. The molecule has 8 rings (SSSR count). The number of rotatable bonds is 4. The molecule has 13 nitrogen and oxygen atoms in total. The Morgan fingerprint density at radius 3 is 2.56 bits per heavy atom. The molecule has 6 heterocycles. The van der Waals surface area contributed by atoms with Crippen LogP contribution in [0.5, 0.6) is 0 Å². The van der Waals surface area contributed by atoms with Crippen LogP contribution in [0.4, 0.5) is 20.4 Å². The highest BCUT2D eigenvalue weighted by Gasteiger charge is 2.41. The number of pyridine rings is 1. The van der Waals surface area contributed by atoms with Crippen LogP contribution in [0.15, 0.2) is 60.8 Å². The van der Waals surface area contributed by atoms with E-state index < -0.39 is 24.8 Å². The number of imidazole rings is 1. The zero-order valence-electron chi connectivity index (χ0n) is 29.3. The number of ether oxygens (including phenoxy) is 1. The third-order valence-corrected chi connectivity index (χ3v) is 10.9. The Morgan fingerprint density at radius 2 is 1.79 bits per heavy atom. The van der Waals surface area contributed by atoms with Gasteiger partial charge in [0.25, 0.3) is 0 Å². The Labute approximate surface area is 298 Å². The highest BCUT2D eigenvalue weighted by atomic mass is 31.2. The summed E-state index contributed by atoms with van der Waals surface area (Å²) in [5, 5.41) is 8.39. The van der Waals surface area contributed by atoms with Gasteiger partial charge in [0, 0.05) is 44.9 Å². The standard InChI is InChI=1S/C36H37F2N10O3P/c1-20-40-28-10-6-8-24-27-9-7-11-31(42-27)41-22-15-30(35(49)45(2)18-23(51-3)19-46(20)32(24)28)47(17-22)33-25-16-39-48(29-13-12-21(37)14-26(29)38)34(25)44-36(43-33)52(4,5)50/h6-14,16,22-23,30H,15,17-19H2,1-5H3,(H,41,42)/t22-,23?,30-/m0/s1. The van der Waals surface area contributed by atoms with E-state index in [1.807, 2.05) is 48.2 Å². The second kappa shape index (κ2) is 12.7. The lowest BCUT2D eigenvalue weighted by atomic mass is 10.1. The molecule has 1 unspecified atom stereocenters. The fraction of sp³-hybridized carbons (Fsp3) is 0.333. The van der Waals surface area contributed by atoms with Gasteiger partial charge < -0.3 is 29.0 Å². The lowest BCUT2D eigenvalue weighted by Crippen LogP contribution is -2.47. The maximum Gasteiger partial charge on any atom is 0.245 e. The maximum absolute atomic E-state index is 15.1. The number of anilines is 2. The SMILES string of the molecule is COC1CN(C)C(=O)[C@@H]2C[C@@H](CN2c2nc(P(C)(C)=O)nc3c2cnn3-c2ccc(F)cc2F)Nc2cccc(n2)-c2cccc3nc(C)n(c23)C1. The third kappa shape index (κ3) is 5.87. The molecule has 2 aromatic carbocycles. The number of halogens is 2. The molecule has 0 radical (unpaired) electrons. The van der Waals surface area contributed by atoms with Crippen molar-refractivity contribution >= 4 is 52.3 Å². The summed E-state index contributed by atoms with van der Waals surface area (Å²) < 4.78 is 51.8. The van der Waals surface area contributed by atoms with Crippen LogP contribution in [-0.4, -0.2) is 104 Å². The quantitative estimate of drug-likeness (QED) is 0.257. The van der Waals surface area contributed by atoms with E-state index in [0.29, 0.717) is 36.5 Å². The summed E-state index contributed by atoms with van der Waals surface area (Å²) in [6.07, 6.45) is 1.50. The van der Waals surface area contributed by atoms with Crippen LogP contribution in [0.1, 0.15) is 12.2 Å². The summed E-state index contributed by atoms with van der Waals surface area (Å²) >= 11 is 0. The minimum Gasteiger partial charge on any atom is -0.378 e. The topological polar surface area (TPSA) is 136 Å². The summed E-state index contributed by atoms with van der Waals surface area (Å²) in [6.45, 7) is 6.10. The molecule has 0 aliphatic carbocycles. The number of amides is 1. The van der Waals surface area contributed by atoms with Gasteiger partial charge in [-0.25, -0.2) is 33.4 Å². The predicted octanol–water partition coefficient (Wildman–Crippen LogP) is 4.61. The number of aromatic nitrogens is 7. The van der Waals surface area contributed by atoms with Crippen LogP contribution in [0.25, 0.3) is 39.0 Å². The first kappa shape index (κ1) is 33.9. The zero-order chi connectivity index (χ0) is 36.5. The van der Waals surface area contributed by atoms with E-state index in [2.05, 4.69) is 20.0 Å². The molecule has 1 fully saturated rings. The number of aryl methyl sites for hydroxylation is 1. The molecule has 4 aromatic heterocycles. The van der Waals surface area contributed by atoms with Gasteiger partial charge in [0.1, 0.15) is 42.1 Å². The Bertz CT molecular complexity index is 2430. The highest BCUT2D eigenvalue weighted by molar-refractivity contribution is 7.69. The van der Waals surface area contributed by atoms with E-state index >= 15 is 4.39 Å². The second-order valence-corrected chi connectivity index (χ2v) is 16.9. The third-order valence-electron chi connectivity index (χ3n) is 9.78. The van der Waals surface area contributed by atoms with Gasteiger partial charge in [-0.2, -0.15) is 5.10 Å². The lowest BCUT2D eigenvalue weighted by Gasteiger charge is -2.31. The van der Waals surface area contributed by atoms with Crippen molar-refractivity contribution in [3.05, 3.63) is 78.3 Å². The highest BCUT2D eigenvalue weighted by Crippen LogP contribution is 2.38. The van der Waals surface area contributed by atoms with Gasteiger partial charge in [-0.3, -0.25) is 4.79 Å². The molecule has 0 spiro atoms. The Balaban J connectivity index is 1.27. The molecule has 1 amide bonds. The number of hydrogen-bond donors (Lipinski definition) is 1. The number of methoxy groups -OCH3 is 1. The van der Waals surface area contributed by atoms with Crippen LogP contribution in [0, 0.1) is 18.6 Å². The number of nitrogens with one attached hydrogen (secondary N) is 1. The van der Waals surface area contributed by atoms with Crippen molar-refractivity contribution in [3.8, 4) is 16.9 Å². The van der Waals surface area contributed by atoms with Crippen LogP contribution in [0.3, 0.4) is 0 Å². The van der Waals surface area contributed by atoms with Crippen molar-refractivity contribution in [3.63, 3.8) is 0 Å². The molecule has 1 saturated heterocycles. The van der Waals surface area contributed by atoms with Crippen molar-refractivity contribution in [1.82, 2.24) is 39.2 Å². The van der Waals surface area contributed by atoms with E-state index in [1.165, 1.54) is 16.9 Å². The molecule has 3 atom stereocenters. The molecular formula is C36H37F2N10O3P. The lowest BCUT2D eigenvalue weighted by molar-refractivity contribution is -0.132. The number of benzene rings is 2. The predicted molar refractivity (Wildman–Crippen MR) is 195 cm³/mol. The molecule has 268 valence electrons. The summed E-state index contributed by atoms with van der Waals surface area (Å²) in [6, 6.07) is 14.0. The van der Waals surface area contributed by atoms with Crippen molar-refractivity contribution < 1.29 is 22.9 Å². The van der Waals surface area contributed by atoms with Gasteiger partial charge in [0.2, 0.25) is 5.91 Å². The average Bonchev–Trinajstić information content (AvgIpc) is 3.81. The monoisotopic (exact) mass is 726 g/mol. The van der Waals surface area contributed by atoms with Crippen molar-refractivity contribution in [1.29, 1.82) is 0 Å². The first-order chi connectivity index (χ1) is 24.9. The second-order valence-electron chi connectivity index (χ2n) is 13.8. The Hall–Kier alpha value is -5.27. The normalized spacial score (nSPS) is 19.6. The molecule has 1 N–H and O–H groups in total. The van der Waals surface area contributed by atoms with Gasteiger partial charge >= 0.3 is 0 Å². The molecule has 2 aliphatic heterocycles. The van der Waals surface area contributed by atoms with Gasteiger partial charge in [-0.05, 0) is 57.0 Å². The number of fused-ring (bicyclic) bond motifs is 6. The Morgan fingerprint density at radius 1 is 0.981 bits per heavy atom. The fourth-order valence-corrected chi connectivity index (χ4v) is 7.92. The number of carbonyl (C=O) groups is 1. The molecular weight excluding hydrogens is 689 g/mol. The average molecular weight is 727 g/mol. The van der Waals surface area contributed by atoms with Crippen molar-refractivity contribution in [2.24, 2.45) is 0 Å². The van der Waals surface area contributed by atoms with E-state index in [-0.39, 0.29) is 41.5 Å². The minimum absolute atomic E-state index is 0.0349. The minimum atomic E-state index is -3.09. The smallest absolute Gasteiger partial charge is 0.245 e. The Kier molecular flexibility index (Phi) is 8.30. The number of nitrogens with zero attached hydrogens (tertiary/aromatic N) is 9. The first-order valence-electron chi connectivity index (χ1n) is 16.9. The van der Waals surface area contributed by atoms with Gasteiger partial charge in [-0.1, -0.05) is 18.2 Å². The zero-order valence-corrected chi connectivity index (χ0v) is 30.2. The van der Waals surface area contributed by atoms with Crippen LogP contribution in [-0.2, 0) is 20.6 Å². The molecule has 0 saturated carbocycles. The van der Waals surface area contributed by atoms with E-state index in [4.69, 9.17) is 19.7 Å². The molecule has 16 heteroatoms. The number of likely N-dealkylation sites (N-methyl/N-ethyl adjacent to an activating group) is 1. The van der Waals surface area contributed by atoms with E-state index in [9.17, 15) is 13.8 Å². The summed E-state index contributed by atoms with van der Waals surface area (Å²) in [5.74, 6) is 0.0420. The van der Waals surface area contributed by atoms with Gasteiger partial charge in [-0.15, -0.1) is 0 Å². The summed E-state index contributed by atoms with van der Waals surface area (Å²) in [5.41, 5.74) is 3.68. The van der Waals surface area contributed by atoms with Crippen LogP contribution >= 0.6 is 7.14 Å². The summed E-state index contributed by atoms with van der Waals surface area (Å²) in [7, 11) is 0.295. The number of hydrogen-bond acceptors (Lipinski definition) is 10. The first-order valence-corrected chi connectivity index (χ1v) is 19.5. The van der Waals surface area contributed by atoms with E-state index in [0.717, 1.165) is 40.2 Å².